The first-order valence-electron chi connectivity index (χ1n) is 18.8. The summed E-state index contributed by atoms with van der Waals surface area (Å²) in [6.45, 7) is 0. The van der Waals surface area contributed by atoms with Crippen molar-refractivity contribution in [3.05, 3.63) is 174 Å². The molecule has 0 aliphatic heterocycles. The number of benzene rings is 4. The monoisotopic (exact) mass is 935 g/mol. The predicted octanol–water partition coefficient (Wildman–Crippen LogP) is 6.23. The molecule has 0 atom stereocenters. The SMILES string of the molecule is NS(=O)(=O)c1cc(NC(=O)Cc2ccccc2Cl)ccc1-n1cc(-c2cccnc2)cn1.NS(=O)(=O)c1cc(NC(=O)Cc2ccccc2Cl)ccc1-n1cc(-c2ccncn2)cn1. The van der Waals surface area contributed by atoms with Gasteiger partial charge in [-0.25, -0.2) is 46.4 Å². The topological polar surface area (TPSA) is 253 Å². The predicted molar refractivity (Wildman–Crippen MR) is 242 cm³/mol. The first-order chi connectivity index (χ1) is 30.6. The molecule has 4 aromatic carbocycles. The third-order valence-corrected chi connectivity index (χ3v) is 11.9. The van der Waals surface area contributed by atoms with Gasteiger partial charge in [0.15, 0.2) is 0 Å². The first-order valence-corrected chi connectivity index (χ1v) is 22.6. The minimum atomic E-state index is -4.12. The van der Waals surface area contributed by atoms with Crippen LogP contribution in [0.15, 0.2) is 163 Å². The molecule has 0 bridgehead atoms. The van der Waals surface area contributed by atoms with Crippen LogP contribution < -0.4 is 20.9 Å². The van der Waals surface area contributed by atoms with Gasteiger partial charge in [-0.2, -0.15) is 10.2 Å². The van der Waals surface area contributed by atoms with Crippen LogP contribution in [0, 0.1) is 0 Å². The molecule has 64 heavy (non-hydrogen) atoms. The van der Waals surface area contributed by atoms with Crippen LogP contribution in [0.25, 0.3) is 33.8 Å². The fraction of sp³-hybridized carbons (Fsp3) is 0.0465. The number of rotatable bonds is 12. The lowest BCUT2D eigenvalue weighted by Crippen LogP contribution is -2.18. The Bertz CT molecular complexity index is 2990. The van der Waals surface area contributed by atoms with Gasteiger partial charge in [0.25, 0.3) is 0 Å². The third kappa shape index (κ3) is 11.3. The van der Waals surface area contributed by atoms with E-state index in [9.17, 15) is 26.4 Å². The molecule has 8 rings (SSSR count). The van der Waals surface area contributed by atoms with Crippen molar-refractivity contribution in [2.24, 2.45) is 10.3 Å². The Morgan fingerprint density at radius 3 is 1.56 bits per heavy atom. The minimum Gasteiger partial charge on any atom is -0.326 e. The molecule has 21 heteroatoms. The highest BCUT2D eigenvalue weighted by Crippen LogP contribution is 2.28. The van der Waals surface area contributed by atoms with E-state index in [0.717, 1.165) is 11.1 Å². The van der Waals surface area contributed by atoms with Gasteiger partial charge in [0.2, 0.25) is 31.9 Å². The molecular weight excluding hydrogens is 902 g/mol. The van der Waals surface area contributed by atoms with Gasteiger partial charge in [0.05, 0.1) is 42.3 Å². The lowest BCUT2D eigenvalue weighted by Gasteiger charge is -2.12. The number of primary sulfonamides is 2. The number of halogens is 2. The molecule has 0 aliphatic rings. The van der Waals surface area contributed by atoms with E-state index in [4.69, 9.17) is 33.5 Å². The van der Waals surface area contributed by atoms with Crippen molar-refractivity contribution >= 4 is 66.4 Å². The summed E-state index contributed by atoms with van der Waals surface area (Å²) in [5.74, 6) is -0.694. The van der Waals surface area contributed by atoms with Gasteiger partial charge in [-0.3, -0.25) is 14.6 Å². The molecule has 0 saturated carbocycles. The molecule has 0 saturated heterocycles. The Morgan fingerprint density at radius 2 is 1.09 bits per heavy atom. The van der Waals surface area contributed by atoms with Crippen molar-refractivity contribution in [2.75, 3.05) is 10.6 Å². The minimum absolute atomic E-state index is 0.0353. The number of anilines is 2. The zero-order chi connectivity index (χ0) is 45.4. The molecule has 2 amide bonds. The van der Waals surface area contributed by atoms with Crippen LogP contribution in [0.1, 0.15) is 11.1 Å². The van der Waals surface area contributed by atoms with E-state index in [1.165, 1.54) is 40.0 Å². The molecule has 8 aromatic rings. The number of hydrogen-bond donors (Lipinski definition) is 4. The van der Waals surface area contributed by atoms with Crippen molar-refractivity contribution in [3.8, 4) is 33.8 Å². The third-order valence-electron chi connectivity index (χ3n) is 9.25. The van der Waals surface area contributed by atoms with Gasteiger partial charge >= 0.3 is 0 Å². The number of hydrogen-bond acceptors (Lipinski definition) is 11. The fourth-order valence-corrected chi connectivity index (χ4v) is 8.14. The Morgan fingerprint density at radius 1 is 0.578 bits per heavy atom. The highest BCUT2D eigenvalue weighted by Gasteiger charge is 2.21. The van der Waals surface area contributed by atoms with E-state index < -0.39 is 20.0 Å². The lowest BCUT2D eigenvalue weighted by molar-refractivity contribution is -0.116. The first kappa shape index (κ1) is 44.9. The van der Waals surface area contributed by atoms with Gasteiger partial charge in [-0.1, -0.05) is 65.7 Å². The van der Waals surface area contributed by atoms with E-state index in [-0.39, 0.29) is 57.2 Å². The quantitative estimate of drug-likeness (QED) is 0.107. The van der Waals surface area contributed by atoms with Crippen molar-refractivity contribution < 1.29 is 26.4 Å². The Kier molecular flexibility index (Phi) is 13.7. The molecule has 324 valence electrons. The van der Waals surface area contributed by atoms with Crippen LogP contribution in [0.3, 0.4) is 0 Å². The van der Waals surface area contributed by atoms with Gasteiger partial charge in [-0.05, 0) is 71.8 Å². The highest BCUT2D eigenvalue weighted by atomic mass is 35.5. The summed E-state index contributed by atoms with van der Waals surface area (Å²) in [5.41, 5.74) is 5.26. The van der Waals surface area contributed by atoms with Crippen LogP contribution >= 0.6 is 23.2 Å². The number of nitrogens with two attached hydrogens (primary N) is 2. The Labute approximate surface area is 376 Å². The maximum Gasteiger partial charge on any atom is 0.240 e. The van der Waals surface area contributed by atoms with Crippen LogP contribution in [0.5, 0.6) is 0 Å². The van der Waals surface area contributed by atoms with Crippen LogP contribution in [-0.2, 0) is 42.5 Å². The molecule has 4 heterocycles. The number of pyridine rings is 1. The molecule has 0 aliphatic carbocycles. The second-order valence-corrected chi connectivity index (χ2v) is 17.6. The van der Waals surface area contributed by atoms with Gasteiger partial charge in [-0.15, -0.1) is 0 Å². The molecule has 0 unspecified atom stereocenters. The van der Waals surface area contributed by atoms with Gasteiger partial charge in [0, 0.05) is 69.1 Å². The molecule has 0 spiro atoms. The van der Waals surface area contributed by atoms with Gasteiger partial charge < -0.3 is 10.6 Å². The molecular formula is C43H35Cl2N11O6S2. The normalized spacial score (nSPS) is 11.3. The molecule has 4 aromatic heterocycles. The Balaban J connectivity index is 0.000000191. The molecule has 0 fully saturated rings. The fourth-order valence-electron chi connectivity index (χ4n) is 6.24. The van der Waals surface area contributed by atoms with Crippen LogP contribution in [0.2, 0.25) is 10.0 Å². The average Bonchev–Trinajstić information content (AvgIpc) is 3.97. The van der Waals surface area contributed by atoms with Crippen molar-refractivity contribution in [3.63, 3.8) is 0 Å². The molecule has 0 radical (unpaired) electrons. The summed E-state index contributed by atoms with van der Waals surface area (Å²) in [6, 6.07) is 28.2. The number of carbonyl (C=O) groups is 2. The van der Waals surface area contributed by atoms with E-state index in [2.05, 4.69) is 35.8 Å². The standard InChI is InChI=1S/C22H18ClN5O3S.C21H17ClN6O3S/c23-19-6-2-1-4-15(19)10-22(29)27-18-7-8-20(21(11-18)32(24,30)31)28-14-17(13-26-28)16-5-3-9-25-12-16;22-17-4-2-1-3-14(17)9-21(29)27-16-5-6-19(20(10-16)32(23,30)31)28-12-15(11-26-28)18-7-8-24-13-25-18/h1-9,11-14H,10H2,(H,27,29)(H2,24,30,31);1-8,10-13H,9H2,(H,27,29)(H2,23,30,31). The van der Waals surface area contributed by atoms with Crippen molar-refractivity contribution in [1.82, 2.24) is 34.5 Å². The number of sulfonamides is 2. The van der Waals surface area contributed by atoms with E-state index >= 15 is 0 Å². The maximum absolute atomic E-state index is 12.4. The lowest BCUT2D eigenvalue weighted by atomic mass is 10.1. The maximum atomic E-state index is 12.4. The zero-order valence-electron chi connectivity index (χ0n) is 33.2. The van der Waals surface area contributed by atoms with E-state index in [1.54, 1.807) is 116 Å². The number of nitrogens with one attached hydrogen (secondary N) is 2. The summed E-state index contributed by atoms with van der Waals surface area (Å²) in [4.78, 5) is 36.6. The van der Waals surface area contributed by atoms with E-state index in [1.807, 2.05) is 6.07 Å². The Hall–Kier alpha value is -7.13. The number of amides is 2. The summed E-state index contributed by atoms with van der Waals surface area (Å²) >= 11 is 12.2. The number of nitrogens with zero attached hydrogens (tertiary/aromatic N) is 7. The smallest absolute Gasteiger partial charge is 0.240 e. The van der Waals surface area contributed by atoms with Gasteiger partial charge in [0.1, 0.15) is 16.1 Å². The van der Waals surface area contributed by atoms with Crippen molar-refractivity contribution in [2.45, 2.75) is 22.6 Å². The zero-order valence-corrected chi connectivity index (χ0v) is 36.3. The number of carbonyl (C=O) groups excluding carboxylic acids is 2. The van der Waals surface area contributed by atoms with E-state index in [0.29, 0.717) is 32.4 Å². The van der Waals surface area contributed by atoms with Crippen molar-refractivity contribution in [1.29, 1.82) is 0 Å². The van der Waals surface area contributed by atoms with Crippen LogP contribution in [-0.4, -0.2) is 63.2 Å². The largest absolute Gasteiger partial charge is 0.326 e. The highest BCUT2D eigenvalue weighted by molar-refractivity contribution is 7.89. The summed E-state index contributed by atoms with van der Waals surface area (Å²) in [6.07, 6.45) is 12.9. The number of aromatic nitrogens is 7. The molecule has 6 N–H and O–H groups in total. The second kappa shape index (κ2) is 19.5. The molecule has 17 nitrogen and oxygen atoms in total. The summed E-state index contributed by atoms with van der Waals surface area (Å²) < 4.78 is 51.9. The summed E-state index contributed by atoms with van der Waals surface area (Å²) in [7, 11) is -8.23. The summed E-state index contributed by atoms with van der Waals surface area (Å²) in [5, 5.41) is 25.7. The average molecular weight is 937 g/mol. The van der Waals surface area contributed by atoms with Crippen LogP contribution in [0.4, 0.5) is 11.4 Å². The second-order valence-electron chi connectivity index (χ2n) is 13.8.